The highest BCUT2D eigenvalue weighted by Crippen LogP contribution is 2.27. The molecule has 3 unspecified atom stereocenters. The Morgan fingerprint density at radius 1 is 1.47 bits per heavy atom. The van der Waals surface area contributed by atoms with Crippen LogP contribution >= 0.6 is 0 Å². The van der Waals surface area contributed by atoms with Crippen LogP contribution in [0.2, 0.25) is 0 Å². The van der Waals surface area contributed by atoms with Crippen LogP contribution in [0, 0.1) is 5.41 Å². The van der Waals surface area contributed by atoms with Gasteiger partial charge in [0.05, 0.1) is 31.3 Å². The van der Waals surface area contributed by atoms with Crippen molar-refractivity contribution >= 4 is 5.91 Å². The molecule has 0 aromatic heterocycles. The van der Waals surface area contributed by atoms with Gasteiger partial charge in [0.25, 0.3) is 0 Å². The average Bonchev–Trinajstić information content (AvgIpc) is 2.79. The van der Waals surface area contributed by atoms with Crippen molar-refractivity contribution in [2.24, 2.45) is 11.1 Å². The maximum absolute atomic E-state index is 12.0. The summed E-state index contributed by atoms with van der Waals surface area (Å²) in [7, 11) is 0. The second-order valence-corrected chi connectivity index (χ2v) is 4.57. The van der Waals surface area contributed by atoms with Crippen LogP contribution in [0.25, 0.3) is 0 Å². The Morgan fingerprint density at radius 2 is 2.27 bits per heavy atom. The van der Waals surface area contributed by atoms with E-state index in [9.17, 15) is 4.79 Å². The second-order valence-electron chi connectivity index (χ2n) is 4.57. The summed E-state index contributed by atoms with van der Waals surface area (Å²) in [4.78, 5) is 12.0. The lowest BCUT2D eigenvalue weighted by atomic mass is 9.84. The molecule has 2 aliphatic heterocycles. The predicted octanol–water partition coefficient (Wildman–Crippen LogP) is -0.745. The highest BCUT2D eigenvalue weighted by Gasteiger charge is 2.44. The zero-order valence-corrected chi connectivity index (χ0v) is 8.99. The zero-order valence-electron chi connectivity index (χ0n) is 8.99. The molecule has 0 aliphatic carbocycles. The third kappa shape index (κ3) is 2.00. The summed E-state index contributed by atoms with van der Waals surface area (Å²) >= 11 is 0. The molecular weight excluding hydrogens is 196 g/mol. The van der Waals surface area contributed by atoms with E-state index in [1.165, 1.54) is 0 Å². The number of carbonyl (C=O) groups excluding carboxylic acids is 1. The van der Waals surface area contributed by atoms with Crippen molar-refractivity contribution < 1.29 is 14.3 Å². The molecule has 1 amide bonds. The van der Waals surface area contributed by atoms with Gasteiger partial charge in [-0.05, 0) is 13.3 Å². The lowest BCUT2D eigenvalue weighted by Crippen LogP contribution is -2.52. The van der Waals surface area contributed by atoms with Crippen molar-refractivity contribution in [3.63, 3.8) is 0 Å². The van der Waals surface area contributed by atoms with Crippen LogP contribution in [0.4, 0.5) is 0 Å². The second kappa shape index (κ2) is 4.08. The summed E-state index contributed by atoms with van der Waals surface area (Å²) in [5, 5.41) is 2.97. The fraction of sp³-hybridized carbons (Fsp3) is 0.900. The van der Waals surface area contributed by atoms with Gasteiger partial charge in [-0.3, -0.25) is 4.79 Å². The van der Waals surface area contributed by atoms with E-state index in [2.05, 4.69) is 5.32 Å². The Morgan fingerprint density at radius 3 is 2.80 bits per heavy atom. The van der Waals surface area contributed by atoms with Crippen LogP contribution in [0.1, 0.15) is 13.3 Å². The van der Waals surface area contributed by atoms with Crippen molar-refractivity contribution in [1.29, 1.82) is 0 Å². The van der Waals surface area contributed by atoms with Gasteiger partial charge in [-0.1, -0.05) is 0 Å². The molecule has 2 aliphatic rings. The largest absolute Gasteiger partial charge is 0.379 e. The Labute approximate surface area is 89.3 Å². The normalized spacial score (nSPS) is 40.7. The van der Waals surface area contributed by atoms with Crippen molar-refractivity contribution in [2.75, 3.05) is 26.4 Å². The molecule has 3 N–H and O–H groups in total. The van der Waals surface area contributed by atoms with Gasteiger partial charge < -0.3 is 20.5 Å². The molecule has 0 spiro atoms. The van der Waals surface area contributed by atoms with Crippen LogP contribution < -0.4 is 11.1 Å². The van der Waals surface area contributed by atoms with Crippen LogP contribution in [0.5, 0.6) is 0 Å². The Kier molecular flexibility index (Phi) is 2.95. The standard InChI is InChI=1S/C10H18N2O3/c1-10(6-15-5-8(10)11)9(13)12-7-2-3-14-4-7/h7-8H,2-6,11H2,1H3,(H,12,13). The third-order valence-electron chi connectivity index (χ3n) is 3.30. The molecule has 2 saturated heterocycles. The van der Waals surface area contributed by atoms with Crippen LogP contribution in [0.15, 0.2) is 0 Å². The maximum Gasteiger partial charge on any atom is 0.230 e. The fourth-order valence-corrected chi connectivity index (χ4v) is 1.92. The van der Waals surface area contributed by atoms with E-state index in [1.54, 1.807) is 0 Å². The zero-order chi connectivity index (χ0) is 10.9. The Hall–Kier alpha value is -0.650. The van der Waals surface area contributed by atoms with Crippen LogP contribution in [-0.4, -0.2) is 44.4 Å². The monoisotopic (exact) mass is 214 g/mol. The van der Waals surface area contributed by atoms with E-state index in [0.717, 1.165) is 13.0 Å². The number of carbonyl (C=O) groups is 1. The number of nitrogens with two attached hydrogens (primary N) is 1. The molecule has 0 saturated carbocycles. The number of ether oxygens (including phenoxy) is 2. The minimum Gasteiger partial charge on any atom is -0.379 e. The molecule has 5 nitrogen and oxygen atoms in total. The Balaban J connectivity index is 1.94. The fourth-order valence-electron chi connectivity index (χ4n) is 1.92. The highest BCUT2D eigenvalue weighted by atomic mass is 16.5. The molecule has 3 atom stereocenters. The predicted molar refractivity (Wildman–Crippen MR) is 54.3 cm³/mol. The van der Waals surface area contributed by atoms with Gasteiger partial charge in [-0.2, -0.15) is 0 Å². The molecule has 0 bridgehead atoms. The SMILES string of the molecule is CC1(C(=O)NC2CCOC2)COCC1N. The molecular formula is C10H18N2O3. The van der Waals surface area contributed by atoms with E-state index < -0.39 is 5.41 Å². The molecule has 2 rings (SSSR count). The summed E-state index contributed by atoms with van der Waals surface area (Å²) in [5.74, 6) is -0.0111. The van der Waals surface area contributed by atoms with Gasteiger partial charge in [0, 0.05) is 12.6 Å². The van der Waals surface area contributed by atoms with Gasteiger partial charge in [0.1, 0.15) is 0 Å². The van der Waals surface area contributed by atoms with Crippen molar-refractivity contribution in [3.05, 3.63) is 0 Å². The number of amides is 1. The molecule has 5 heteroatoms. The van der Waals surface area contributed by atoms with Gasteiger partial charge in [0.2, 0.25) is 5.91 Å². The first-order valence-electron chi connectivity index (χ1n) is 5.35. The first-order chi connectivity index (χ1) is 7.13. The summed E-state index contributed by atoms with van der Waals surface area (Å²) in [6.07, 6.45) is 0.887. The van der Waals surface area contributed by atoms with Crippen molar-refractivity contribution in [2.45, 2.75) is 25.4 Å². The molecule has 2 heterocycles. The average molecular weight is 214 g/mol. The molecule has 0 radical (unpaired) electrons. The quantitative estimate of drug-likeness (QED) is 0.634. The van der Waals surface area contributed by atoms with Gasteiger partial charge in [0.15, 0.2) is 0 Å². The molecule has 2 fully saturated rings. The van der Waals surface area contributed by atoms with E-state index >= 15 is 0 Å². The lowest BCUT2D eigenvalue weighted by molar-refractivity contribution is -0.131. The smallest absolute Gasteiger partial charge is 0.230 e. The van der Waals surface area contributed by atoms with E-state index in [-0.39, 0.29) is 18.0 Å². The minimum absolute atomic E-state index is 0.0111. The summed E-state index contributed by atoms with van der Waals surface area (Å²) < 4.78 is 10.4. The molecule has 15 heavy (non-hydrogen) atoms. The third-order valence-corrected chi connectivity index (χ3v) is 3.30. The van der Waals surface area contributed by atoms with Crippen molar-refractivity contribution in [3.8, 4) is 0 Å². The number of nitrogens with one attached hydrogen (secondary N) is 1. The van der Waals surface area contributed by atoms with Crippen LogP contribution in [0.3, 0.4) is 0 Å². The van der Waals surface area contributed by atoms with Crippen LogP contribution in [-0.2, 0) is 14.3 Å². The van der Waals surface area contributed by atoms with E-state index in [4.69, 9.17) is 15.2 Å². The number of hydrogen-bond donors (Lipinski definition) is 2. The Bertz CT molecular complexity index is 253. The summed E-state index contributed by atoms with van der Waals surface area (Å²) in [6.45, 7) is 4.07. The summed E-state index contributed by atoms with van der Waals surface area (Å²) in [5.41, 5.74) is 5.29. The molecule has 0 aromatic rings. The number of hydrogen-bond acceptors (Lipinski definition) is 4. The number of rotatable bonds is 2. The van der Waals surface area contributed by atoms with E-state index in [1.807, 2.05) is 6.92 Å². The minimum atomic E-state index is -0.581. The lowest BCUT2D eigenvalue weighted by Gasteiger charge is -2.27. The topological polar surface area (TPSA) is 73.6 Å². The molecule has 0 aromatic carbocycles. The maximum atomic E-state index is 12.0. The first kappa shape index (κ1) is 10.9. The first-order valence-corrected chi connectivity index (χ1v) is 5.35. The van der Waals surface area contributed by atoms with Crippen molar-refractivity contribution in [1.82, 2.24) is 5.32 Å². The van der Waals surface area contributed by atoms with Gasteiger partial charge in [-0.25, -0.2) is 0 Å². The summed E-state index contributed by atoms with van der Waals surface area (Å²) in [6, 6.07) is -0.0676. The van der Waals surface area contributed by atoms with Gasteiger partial charge in [-0.15, -0.1) is 0 Å². The van der Waals surface area contributed by atoms with E-state index in [0.29, 0.717) is 19.8 Å². The highest BCUT2D eigenvalue weighted by molar-refractivity contribution is 5.83. The van der Waals surface area contributed by atoms with Gasteiger partial charge >= 0.3 is 0 Å². The molecule has 86 valence electrons.